The Hall–Kier alpha value is -3.25. The van der Waals surface area contributed by atoms with Crippen molar-refractivity contribution < 1.29 is 4.79 Å². The van der Waals surface area contributed by atoms with Crippen molar-refractivity contribution >= 4 is 34.4 Å². The number of nitrogens with one attached hydrogen (secondary N) is 2. The number of hydrogen-bond donors (Lipinski definition) is 2. The topological polar surface area (TPSA) is 83.6 Å². The van der Waals surface area contributed by atoms with Crippen molar-refractivity contribution in [3.63, 3.8) is 0 Å². The van der Waals surface area contributed by atoms with E-state index in [1.807, 2.05) is 26.0 Å². The van der Waals surface area contributed by atoms with Crippen LogP contribution in [0.25, 0.3) is 22.6 Å². The monoisotopic (exact) mass is 377 g/mol. The maximum atomic E-state index is 12.4. The number of benzene rings is 1. The van der Waals surface area contributed by atoms with Gasteiger partial charge in [-0.15, -0.1) is 0 Å². The minimum atomic E-state index is -0.283. The molecule has 0 saturated carbocycles. The summed E-state index contributed by atoms with van der Waals surface area (Å²) in [5, 5.41) is 3.37. The fraction of sp³-hybridized carbons (Fsp3) is 0.100. The Morgan fingerprint density at radius 2 is 1.93 bits per heavy atom. The molecular formula is C20H16ClN5O. The molecule has 0 bridgehead atoms. The summed E-state index contributed by atoms with van der Waals surface area (Å²) < 4.78 is 0. The Bertz CT molecular complexity index is 1170. The normalized spacial score (nSPS) is 10.9. The van der Waals surface area contributed by atoms with Gasteiger partial charge in [-0.3, -0.25) is 9.78 Å². The molecule has 6 nitrogen and oxygen atoms in total. The fourth-order valence-corrected chi connectivity index (χ4v) is 2.98. The van der Waals surface area contributed by atoms with Crippen LogP contribution < -0.4 is 5.32 Å². The van der Waals surface area contributed by atoms with Crippen LogP contribution >= 0.6 is 11.6 Å². The van der Waals surface area contributed by atoms with Gasteiger partial charge in [-0.25, -0.2) is 9.97 Å². The number of anilines is 1. The Morgan fingerprint density at radius 1 is 1.07 bits per heavy atom. The molecule has 0 saturated heterocycles. The van der Waals surface area contributed by atoms with E-state index in [2.05, 4.69) is 25.3 Å². The van der Waals surface area contributed by atoms with E-state index in [1.165, 1.54) is 0 Å². The third-order valence-electron chi connectivity index (χ3n) is 4.10. The van der Waals surface area contributed by atoms with E-state index in [0.717, 1.165) is 16.6 Å². The lowest BCUT2D eigenvalue weighted by atomic mass is 10.2. The van der Waals surface area contributed by atoms with Crippen molar-refractivity contribution in [3.8, 4) is 11.4 Å². The van der Waals surface area contributed by atoms with Crippen LogP contribution in [0, 0.1) is 13.8 Å². The number of halogens is 1. The largest absolute Gasteiger partial charge is 0.337 e. The van der Waals surface area contributed by atoms with Crippen molar-refractivity contribution in [2.75, 3.05) is 5.32 Å². The Morgan fingerprint density at radius 3 is 2.74 bits per heavy atom. The second-order valence-corrected chi connectivity index (χ2v) is 6.74. The minimum Gasteiger partial charge on any atom is -0.337 e. The van der Waals surface area contributed by atoms with Crippen molar-refractivity contribution in [2.45, 2.75) is 13.8 Å². The van der Waals surface area contributed by atoms with Gasteiger partial charge in [0, 0.05) is 23.6 Å². The molecule has 0 fully saturated rings. The molecule has 7 heteroatoms. The number of aromatic nitrogens is 4. The quantitative estimate of drug-likeness (QED) is 0.549. The van der Waals surface area contributed by atoms with Gasteiger partial charge in [0.15, 0.2) is 5.65 Å². The highest BCUT2D eigenvalue weighted by Crippen LogP contribution is 2.30. The molecule has 0 aliphatic heterocycles. The predicted octanol–water partition coefficient (Wildman–Crippen LogP) is 4.54. The maximum absolute atomic E-state index is 12.4. The number of imidazole rings is 1. The van der Waals surface area contributed by atoms with Gasteiger partial charge in [-0.05, 0) is 61.4 Å². The van der Waals surface area contributed by atoms with Gasteiger partial charge in [-0.1, -0.05) is 11.6 Å². The molecule has 3 heterocycles. The summed E-state index contributed by atoms with van der Waals surface area (Å²) in [7, 11) is 0. The van der Waals surface area contributed by atoms with Crippen LogP contribution in [0.5, 0.6) is 0 Å². The molecule has 0 radical (unpaired) electrons. The molecule has 1 aromatic carbocycles. The van der Waals surface area contributed by atoms with Crippen LogP contribution in [0.2, 0.25) is 5.02 Å². The molecular weight excluding hydrogens is 362 g/mol. The maximum Gasteiger partial charge on any atom is 0.274 e. The second-order valence-electron chi connectivity index (χ2n) is 6.34. The predicted molar refractivity (Wildman–Crippen MR) is 106 cm³/mol. The summed E-state index contributed by atoms with van der Waals surface area (Å²) in [5.41, 5.74) is 5.10. The van der Waals surface area contributed by atoms with Crippen molar-refractivity contribution in [3.05, 3.63) is 70.6 Å². The van der Waals surface area contributed by atoms with E-state index in [1.54, 1.807) is 36.7 Å². The highest BCUT2D eigenvalue weighted by Gasteiger charge is 2.13. The van der Waals surface area contributed by atoms with Crippen LogP contribution in [0.15, 0.2) is 48.8 Å². The molecule has 4 rings (SSSR count). The van der Waals surface area contributed by atoms with Gasteiger partial charge in [0.2, 0.25) is 0 Å². The van der Waals surface area contributed by atoms with E-state index < -0.39 is 0 Å². The number of H-pyrrole nitrogens is 1. The van der Waals surface area contributed by atoms with E-state index in [-0.39, 0.29) is 5.91 Å². The first kappa shape index (κ1) is 17.2. The van der Waals surface area contributed by atoms with Crippen LogP contribution in [0.4, 0.5) is 5.69 Å². The van der Waals surface area contributed by atoms with Gasteiger partial charge in [-0.2, -0.15) is 0 Å². The van der Waals surface area contributed by atoms with Crippen LogP contribution in [0.1, 0.15) is 21.6 Å². The first-order valence-corrected chi connectivity index (χ1v) is 8.74. The molecule has 0 atom stereocenters. The number of aryl methyl sites for hydroxylation is 2. The summed E-state index contributed by atoms with van der Waals surface area (Å²) in [6.45, 7) is 3.88. The standard InChI is InChI=1S/C20H16ClN5O/c1-11-5-6-22-17(7-11)20(27)24-13-3-4-15(21)14(9-13)18-25-16-8-12(2)10-23-19(16)26-18/h3-10H,1-2H3,(H,24,27)(H,23,25,26). The molecule has 134 valence electrons. The first-order valence-electron chi connectivity index (χ1n) is 8.36. The number of pyridine rings is 2. The van der Waals surface area contributed by atoms with E-state index in [0.29, 0.717) is 33.4 Å². The number of hydrogen-bond acceptors (Lipinski definition) is 4. The first-order chi connectivity index (χ1) is 13.0. The summed E-state index contributed by atoms with van der Waals surface area (Å²) >= 11 is 6.36. The molecule has 2 N–H and O–H groups in total. The Kier molecular flexibility index (Phi) is 4.33. The number of aromatic amines is 1. The smallest absolute Gasteiger partial charge is 0.274 e. The van der Waals surface area contributed by atoms with Gasteiger partial charge >= 0.3 is 0 Å². The van der Waals surface area contributed by atoms with Crippen molar-refractivity contribution in [1.29, 1.82) is 0 Å². The third kappa shape index (κ3) is 3.52. The second kappa shape index (κ2) is 6.81. The zero-order chi connectivity index (χ0) is 19.0. The van der Waals surface area contributed by atoms with E-state index in [9.17, 15) is 4.79 Å². The molecule has 0 spiro atoms. The number of amides is 1. The molecule has 0 unspecified atom stereocenters. The lowest BCUT2D eigenvalue weighted by Gasteiger charge is -2.08. The van der Waals surface area contributed by atoms with Gasteiger partial charge in [0.1, 0.15) is 11.5 Å². The number of rotatable bonds is 3. The molecule has 0 aliphatic rings. The summed E-state index contributed by atoms with van der Waals surface area (Å²) in [4.78, 5) is 28.6. The average Bonchev–Trinajstić information content (AvgIpc) is 3.06. The molecule has 3 aromatic heterocycles. The van der Waals surface area contributed by atoms with E-state index >= 15 is 0 Å². The summed E-state index contributed by atoms with van der Waals surface area (Å²) in [6, 6.07) is 10.8. The number of fused-ring (bicyclic) bond motifs is 1. The molecule has 4 aromatic rings. The van der Waals surface area contributed by atoms with Crippen molar-refractivity contribution in [1.82, 2.24) is 19.9 Å². The zero-order valence-corrected chi connectivity index (χ0v) is 15.5. The average molecular weight is 378 g/mol. The van der Waals surface area contributed by atoms with E-state index in [4.69, 9.17) is 11.6 Å². The Balaban J connectivity index is 1.67. The SMILES string of the molecule is Cc1ccnc(C(=O)Nc2ccc(Cl)c(-c3nc4ncc(C)cc4[nH]3)c2)c1. The third-order valence-corrected chi connectivity index (χ3v) is 4.43. The van der Waals surface area contributed by atoms with Gasteiger partial charge in [0.25, 0.3) is 5.91 Å². The molecule has 0 aliphatic carbocycles. The van der Waals surface area contributed by atoms with Crippen molar-refractivity contribution in [2.24, 2.45) is 0 Å². The lowest BCUT2D eigenvalue weighted by Crippen LogP contribution is -2.13. The number of carbonyl (C=O) groups excluding carboxylic acids is 1. The molecule has 27 heavy (non-hydrogen) atoms. The zero-order valence-electron chi connectivity index (χ0n) is 14.7. The fourth-order valence-electron chi connectivity index (χ4n) is 2.77. The van der Waals surface area contributed by atoms with Crippen LogP contribution in [-0.2, 0) is 0 Å². The summed E-state index contributed by atoms with van der Waals surface area (Å²) in [5.74, 6) is 0.312. The van der Waals surface area contributed by atoms with Crippen LogP contribution in [-0.4, -0.2) is 25.8 Å². The Labute approximate surface area is 160 Å². The lowest BCUT2D eigenvalue weighted by molar-refractivity contribution is 0.102. The number of carbonyl (C=O) groups is 1. The minimum absolute atomic E-state index is 0.283. The molecule has 1 amide bonds. The van der Waals surface area contributed by atoms with Gasteiger partial charge < -0.3 is 10.3 Å². The van der Waals surface area contributed by atoms with Crippen LogP contribution in [0.3, 0.4) is 0 Å². The van der Waals surface area contributed by atoms with Gasteiger partial charge in [0.05, 0.1) is 10.5 Å². The number of nitrogens with zero attached hydrogens (tertiary/aromatic N) is 3. The highest BCUT2D eigenvalue weighted by atomic mass is 35.5. The highest BCUT2D eigenvalue weighted by molar-refractivity contribution is 6.33. The summed E-state index contributed by atoms with van der Waals surface area (Å²) in [6.07, 6.45) is 3.38.